The molecular formula is C18H25N3O2S. The zero-order chi connectivity index (χ0) is 17.1. The molecule has 1 unspecified atom stereocenters. The lowest BCUT2D eigenvalue weighted by atomic mass is 10.0. The second kappa shape index (κ2) is 7.47. The van der Waals surface area contributed by atoms with E-state index in [1.54, 1.807) is 11.3 Å². The average molecular weight is 347 g/mol. The van der Waals surface area contributed by atoms with Gasteiger partial charge in [0, 0.05) is 24.9 Å². The molecule has 0 aromatic carbocycles. The van der Waals surface area contributed by atoms with E-state index in [2.05, 4.69) is 35.8 Å². The third kappa shape index (κ3) is 4.04. The van der Waals surface area contributed by atoms with Gasteiger partial charge in [-0.3, -0.25) is 4.79 Å². The Labute approximate surface area is 147 Å². The Bertz CT molecular complexity index is 662. The maximum Gasteiger partial charge on any atom is 0.226 e. The van der Waals surface area contributed by atoms with Gasteiger partial charge in [0.1, 0.15) is 0 Å². The van der Waals surface area contributed by atoms with Crippen LogP contribution in [-0.2, 0) is 11.2 Å². The number of rotatable bonds is 8. The van der Waals surface area contributed by atoms with E-state index in [1.165, 1.54) is 0 Å². The predicted octanol–water partition coefficient (Wildman–Crippen LogP) is 4.16. The van der Waals surface area contributed by atoms with Gasteiger partial charge in [0.05, 0.1) is 4.88 Å². The van der Waals surface area contributed by atoms with Gasteiger partial charge < -0.3 is 9.42 Å². The first-order valence-corrected chi connectivity index (χ1v) is 9.62. The number of aryl methyl sites for hydroxylation is 1. The van der Waals surface area contributed by atoms with E-state index in [9.17, 15) is 4.79 Å². The van der Waals surface area contributed by atoms with Crippen LogP contribution in [0, 0.1) is 5.92 Å². The van der Waals surface area contributed by atoms with Crippen molar-refractivity contribution in [1.82, 2.24) is 15.0 Å². The summed E-state index contributed by atoms with van der Waals surface area (Å²) in [5, 5.41) is 6.00. The Morgan fingerprint density at radius 3 is 2.83 bits per heavy atom. The molecular weight excluding hydrogens is 322 g/mol. The minimum atomic E-state index is 0.261. The molecule has 1 saturated carbocycles. The van der Waals surface area contributed by atoms with Crippen molar-refractivity contribution in [3.63, 3.8) is 0 Å². The minimum absolute atomic E-state index is 0.261. The summed E-state index contributed by atoms with van der Waals surface area (Å²) in [6.45, 7) is 6.52. The molecule has 1 atom stereocenters. The number of amides is 1. The predicted molar refractivity (Wildman–Crippen MR) is 94.7 cm³/mol. The van der Waals surface area contributed by atoms with Crippen LogP contribution < -0.4 is 0 Å². The monoisotopic (exact) mass is 347 g/mol. The van der Waals surface area contributed by atoms with Gasteiger partial charge in [-0.2, -0.15) is 4.98 Å². The fraction of sp³-hybridized carbons (Fsp3) is 0.611. The van der Waals surface area contributed by atoms with Crippen LogP contribution in [0.1, 0.15) is 52.3 Å². The van der Waals surface area contributed by atoms with Crippen molar-refractivity contribution >= 4 is 17.2 Å². The third-order valence-corrected chi connectivity index (χ3v) is 5.49. The zero-order valence-corrected chi connectivity index (χ0v) is 15.4. The first-order chi connectivity index (χ1) is 11.6. The van der Waals surface area contributed by atoms with Crippen molar-refractivity contribution in [3.8, 4) is 10.7 Å². The van der Waals surface area contributed by atoms with Crippen molar-refractivity contribution < 1.29 is 9.32 Å². The van der Waals surface area contributed by atoms with Gasteiger partial charge in [-0.05, 0) is 43.6 Å². The lowest BCUT2D eigenvalue weighted by molar-refractivity contribution is -0.134. The first kappa shape index (κ1) is 17.1. The highest BCUT2D eigenvalue weighted by atomic mass is 32.1. The molecule has 0 saturated heterocycles. The molecule has 1 aliphatic carbocycles. The SMILES string of the molecule is CC(C)C(C)N(C(=O)CCCc1nc(-c2cccs2)no1)C1CC1. The number of hydrogen-bond donors (Lipinski definition) is 0. The number of carbonyl (C=O) groups excluding carboxylic acids is 1. The molecule has 130 valence electrons. The quantitative estimate of drug-likeness (QED) is 0.719. The standard InChI is InChI=1S/C18H25N3O2S/c1-12(2)13(3)21(14-9-10-14)17(22)8-4-7-16-19-18(20-23-16)15-6-5-11-24-15/h5-6,11-14H,4,7-10H2,1-3H3. The molecule has 0 spiro atoms. The van der Waals surface area contributed by atoms with Crippen LogP contribution in [0.15, 0.2) is 22.0 Å². The highest BCUT2D eigenvalue weighted by Crippen LogP contribution is 2.31. The molecule has 5 nitrogen and oxygen atoms in total. The van der Waals surface area contributed by atoms with Crippen LogP contribution in [0.25, 0.3) is 10.7 Å². The second-order valence-electron chi connectivity index (χ2n) is 6.86. The summed E-state index contributed by atoms with van der Waals surface area (Å²) < 4.78 is 5.30. The van der Waals surface area contributed by atoms with E-state index in [4.69, 9.17) is 4.52 Å². The Hall–Kier alpha value is -1.69. The molecule has 2 aromatic heterocycles. The highest BCUT2D eigenvalue weighted by Gasteiger charge is 2.36. The van der Waals surface area contributed by atoms with E-state index < -0.39 is 0 Å². The Morgan fingerprint density at radius 1 is 1.42 bits per heavy atom. The highest BCUT2D eigenvalue weighted by molar-refractivity contribution is 7.13. The van der Waals surface area contributed by atoms with Crippen molar-refractivity contribution in [2.75, 3.05) is 0 Å². The van der Waals surface area contributed by atoms with Gasteiger partial charge in [-0.1, -0.05) is 25.1 Å². The molecule has 0 radical (unpaired) electrons. The molecule has 0 N–H and O–H groups in total. The number of nitrogens with zero attached hydrogens (tertiary/aromatic N) is 3. The van der Waals surface area contributed by atoms with E-state index in [0.29, 0.717) is 42.6 Å². The first-order valence-electron chi connectivity index (χ1n) is 8.74. The van der Waals surface area contributed by atoms with Crippen LogP contribution in [0.5, 0.6) is 0 Å². The largest absolute Gasteiger partial charge is 0.339 e. The molecule has 1 fully saturated rings. The molecule has 0 aliphatic heterocycles. The van der Waals surface area contributed by atoms with Crippen molar-refractivity contribution in [2.24, 2.45) is 5.92 Å². The molecule has 0 bridgehead atoms. The van der Waals surface area contributed by atoms with E-state index >= 15 is 0 Å². The van der Waals surface area contributed by atoms with Gasteiger partial charge in [0.15, 0.2) is 0 Å². The summed E-state index contributed by atoms with van der Waals surface area (Å²) in [7, 11) is 0. The van der Waals surface area contributed by atoms with Gasteiger partial charge in [-0.25, -0.2) is 0 Å². The van der Waals surface area contributed by atoms with Crippen molar-refractivity contribution in [2.45, 2.75) is 65.0 Å². The molecule has 24 heavy (non-hydrogen) atoms. The Balaban J connectivity index is 1.51. The van der Waals surface area contributed by atoms with Crippen molar-refractivity contribution in [1.29, 1.82) is 0 Å². The Morgan fingerprint density at radius 2 is 2.21 bits per heavy atom. The number of carbonyl (C=O) groups is 1. The maximum absolute atomic E-state index is 12.6. The molecule has 1 amide bonds. The Kier molecular flexibility index (Phi) is 5.33. The van der Waals surface area contributed by atoms with Gasteiger partial charge >= 0.3 is 0 Å². The van der Waals surface area contributed by atoms with E-state index in [-0.39, 0.29) is 5.91 Å². The van der Waals surface area contributed by atoms with Gasteiger partial charge in [-0.15, -0.1) is 11.3 Å². The van der Waals surface area contributed by atoms with E-state index in [0.717, 1.165) is 24.1 Å². The van der Waals surface area contributed by atoms with Crippen LogP contribution in [0.4, 0.5) is 0 Å². The summed E-state index contributed by atoms with van der Waals surface area (Å²) in [6.07, 6.45) is 4.25. The van der Waals surface area contributed by atoms with Crippen molar-refractivity contribution in [3.05, 3.63) is 23.4 Å². The molecule has 1 aliphatic rings. The topological polar surface area (TPSA) is 59.2 Å². The normalized spacial score (nSPS) is 15.7. The summed E-state index contributed by atoms with van der Waals surface area (Å²) in [5.41, 5.74) is 0. The lowest BCUT2D eigenvalue weighted by Gasteiger charge is -2.32. The van der Waals surface area contributed by atoms with Gasteiger partial charge in [0.2, 0.25) is 17.6 Å². The zero-order valence-electron chi connectivity index (χ0n) is 14.6. The third-order valence-electron chi connectivity index (χ3n) is 4.62. The second-order valence-corrected chi connectivity index (χ2v) is 7.81. The number of hydrogen-bond acceptors (Lipinski definition) is 5. The van der Waals surface area contributed by atoms with Gasteiger partial charge in [0.25, 0.3) is 0 Å². The lowest BCUT2D eigenvalue weighted by Crippen LogP contribution is -2.43. The summed E-state index contributed by atoms with van der Waals surface area (Å²) in [4.78, 5) is 20.1. The summed E-state index contributed by atoms with van der Waals surface area (Å²) in [5.74, 6) is 2.00. The fourth-order valence-electron chi connectivity index (χ4n) is 2.82. The van der Waals surface area contributed by atoms with Crippen LogP contribution >= 0.6 is 11.3 Å². The summed E-state index contributed by atoms with van der Waals surface area (Å²) in [6, 6.07) is 4.71. The molecule has 2 aromatic rings. The minimum Gasteiger partial charge on any atom is -0.339 e. The van der Waals surface area contributed by atoms with Crippen LogP contribution in [0.3, 0.4) is 0 Å². The van der Waals surface area contributed by atoms with Crippen LogP contribution in [0.2, 0.25) is 0 Å². The van der Waals surface area contributed by atoms with Crippen LogP contribution in [-0.4, -0.2) is 33.0 Å². The average Bonchev–Trinajstić information content (AvgIpc) is 3.03. The number of thiophene rings is 1. The smallest absolute Gasteiger partial charge is 0.226 e. The molecule has 3 rings (SSSR count). The summed E-state index contributed by atoms with van der Waals surface area (Å²) >= 11 is 1.59. The van der Waals surface area contributed by atoms with E-state index in [1.807, 2.05) is 17.5 Å². The number of aromatic nitrogens is 2. The molecule has 6 heteroatoms. The fourth-order valence-corrected chi connectivity index (χ4v) is 3.47. The molecule has 2 heterocycles. The maximum atomic E-state index is 12.6.